The van der Waals surface area contributed by atoms with Crippen molar-refractivity contribution in [1.82, 2.24) is 25.0 Å². The van der Waals surface area contributed by atoms with Gasteiger partial charge in [-0.25, -0.2) is 9.67 Å². The number of aromatic hydroxyl groups is 2. The minimum Gasteiger partial charge on any atom is -0.507 e. The average Bonchev–Trinajstić information content (AvgIpc) is 3.12. The number of carbonyl (C=O) groups is 1. The molecule has 0 bridgehead atoms. The van der Waals surface area contributed by atoms with Crippen molar-refractivity contribution in [2.24, 2.45) is 0 Å². The summed E-state index contributed by atoms with van der Waals surface area (Å²) in [4.78, 5) is 19.2. The molecule has 8 heteroatoms. The van der Waals surface area contributed by atoms with Gasteiger partial charge in [-0.05, 0) is 45.3 Å². The molecule has 3 rings (SSSR count). The van der Waals surface area contributed by atoms with E-state index in [4.69, 9.17) is 0 Å². The predicted molar refractivity (Wildman–Crippen MR) is 110 cm³/mol. The first-order valence-corrected chi connectivity index (χ1v) is 9.34. The van der Waals surface area contributed by atoms with E-state index in [0.29, 0.717) is 30.0 Å². The van der Waals surface area contributed by atoms with Crippen LogP contribution in [0.3, 0.4) is 0 Å². The van der Waals surface area contributed by atoms with E-state index in [-0.39, 0.29) is 23.2 Å². The molecule has 1 amide bonds. The number of aromatic nitrogens is 3. The van der Waals surface area contributed by atoms with Gasteiger partial charge in [0.1, 0.15) is 17.5 Å². The van der Waals surface area contributed by atoms with E-state index in [1.165, 1.54) is 4.68 Å². The van der Waals surface area contributed by atoms with Crippen molar-refractivity contribution in [1.29, 1.82) is 0 Å². The fraction of sp³-hybridized carbons (Fsp3) is 0.286. The van der Waals surface area contributed by atoms with Crippen LogP contribution in [0.25, 0.3) is 22.8 Å². The molecule has 1 heterocycles. The molecule has 3 aromatic rings. The molecule has 1 atom stereocenters. The van der Waals surface area contributed by atoms with Crippen LogP contribution in [0.5, 0.6) is 11.5 Å². The lowest BCUT2D eigenvalue weighted by Gasteiger charge is -2.16. The quantitative estimate of drug-likeness (QED) is 0.567. The van der Waals surface area contributed by atoms with E-state index in [1.54, 1.807) is 55.5 Å². The lowest BCUT2D eigenvalue weighted by Crippen LogP contribution is -2.36. The van der Waals surface area contributed by atoms with Gasteiger partial charge in [0.25, 0.3) is 0 Å². The number of hydrogen-bond donors (Lipinski definition) is 3. The second-order valence-corrected chi connectivity index (χ2v) is 7.01. The Kier molecular flexibility index (Phi) is 6.13. The molecule has 2 aromatic carbocycles. The molecule has 0 saturated heterocycles. The zero-order valence-corrected chi connectivity index (χ0v) is 16.7. The van der Waals surface area contributed by atoms with Crippen molar-refractivity contribution in [3.63, 3.8) is 0 Å². The van der Waals surface area contributed by atoms with Crippen LogP contribution in [0, 0.1) is 0 Å². The zero-order valence-electron chi connectivity index (χ0n) is 16.7. The highest BCUT2D eigenvalue weighted by Gasteiger charge is 2.24. The minimum atomic E-state index is -0.668. The lowest BCUT2D eigenvalue weighted by atomic mass is 10.1. The van der Waals surface area contributed by atoms with E-state index in [9.17, 15) is 15.0 Å². The van der Waals surface area contributed by atoms with Gasteiger partial charge in [-0.3, -0.25) is 4.79 Å². The Morgan fingerprint density at radius 2 is 1.66 bits per heavy atom. The molecule has 3 N–H and O–H groups in total. The van der Waals surface area contributed by atoms with Crippen LogP contribution in [-0.2, 0) is 4.79 Å². The number of phenolic OH excluding ortho intramolecular Hbond substituents is 2. The molecular weight excluding hydrogens is 370 g/mol. The second-order valence-electron chi connectivity index (χ2n) is 7.01. The Morgan fingerprint density at radius 1 is 1.07 bits per heavy atom. The third kappa shape index (κ3) is 4.55. The van der Waals surface area contributed by atoms with Crippen molar-refractivity contribution in [3.8, 4) is 34.3 Å². The van der Waals surface area contributed by atoms with Crippen LogP contribution >= 0.6 is 0 Å². The van der Waals surface area contributed by atoms with Crippen LogP contribution in [-0.4, -0.2) is 63.0 Å². The molecule has 0 spiro atoms. The number of rotatable bonds is 7. The highest BCUT2D eigenvalue weighted by Crippen LogP contribution is 2.33. The number of likely N-dealkylation sites (N-methyl/N-ethyl adjacent to an activating group) is 1. The molecule has 1 unspecified atom stereocenters. The largest absolute Gasteiger partial charge is 0.507 e. The van der Waals surface area contributed by atoms with Gasteiger partial charge in [-0.1, -0.05) is 24.3 Å². The summed E-state index contributed by atoms with van der Waals surface area (Å²) in [6.07, 6.45) is 0. The summed E-state index contributed by atoms with van der Waals surface area (Å²) in [7, 11) is 3.86. The van der Waals surface area contributed by atoms with Crippen LogP contribution in [0.15, 0.2) is 48.5 Å². The zero-order chi connectivity index (χ0) is 21.0. The molecule has 29 heavy (non-hydrogen) atoms. The minimum absolute atomic E-state index is 0.0326. The van der Waals surface area contributed by atoms with E-state index in [2.05, 4.69) is 15.4 Å². The maximum atomic E-state index is 12.7. The summed E-state index contributed by atoms with van der Waals surface area (Å²) >= 11 is 0. The number of nitrogens with one attached hydrogen (secondary N) is 1. The number of benzene rings is 2. The molecule has 0 aliphatic rings. The maximum Gasteiger partial charge on any atom is 0.244 e. The number of amides is 1. The van der Waals surface area contributed by atoms with E-state index in [1.807, 2.05) is 19.0 Å². The fourth-order valence-electron chi connectivity index (χ4n) is 2.88. The highest BCUT2D eigenvalue weighted by molar-refractivity contribution is 5.81. The highest BCUT2D eigenvalue weighted by atomic mass is 16.3. The Hall–Kier alpha value is -3.39. The first-order chi connectivity index (χ1) is 13.9. The van der Waals surface area contributed by atoms with Crippen molar-refractivity contribution in [2.75, 3.05) is 27.2 Å². The maximum absolute atomic E-state index is 12.7. The first kappa shape index (κ1) is 20.3. The summed E-state index contributed by atoms with van der Waals surface area (Å²) in [5.74, 6) is 0.477. The Balaban J connectivity index is 2.01. The van der Waals surface area contributed by atoms with Gasteiger partial charge in [-0.2, -0.15) is 0 Å². The molecule has 0 aliphatic carbocycles. The molecule has 1 aromatic heterocycles. The van der Waals surface area contributed by atoms with Crippen molar-refractivity contribution in [3.05, 3.63) is 48.5 Å². The van der Waals surface area contributed by atoms with E-state index in [0.717, 1.165) is 0 Å². The van der Waals surface area contributed by atoms with Gasteiger partial charge >= 0.3 is 0 Å². The monoisotopic (exact) mass is 395 g/mol. The lowest BCUT2D eigenvalue weighted by molar-refractivity contribution is -0.124. The third-order valence-electron chi connectivity index (χ3n) is 4.53. The summed E-state index contributed by atoms with van der Waals surface area (Å²) in [6.45, 7) is 2.94. The summed E-state index contributed by atoms with van der Waals surface area (Å²) in [6, 6.07) is 12.8. The molecule has 0 fully saturated rings. The topological polar surface area (TPSA) is 104 Å². The summed E-state index contributed by atoms with van der Waals surface area (Å²) in [5.41, 5.74) is 0.901. The number of carbonyl (C=O) groups excluding carboxylic acids is 1. The van der Waals surface area contributed by atoms with Crippen molar-refractivity contribution in [2.45, 2.75) is 13.0 Å². The van der Waals surface area contributed by atoms with Gasteiger partial charge in [0, 0.05) is 13.1 Å². The third-order valence-corrected chi connectivity index (χ3v) is 4.53. The van der Waals surface area contributed by atoms with Crippen LogP contribution < -0.4 is 5.32 Å². The second kappa shape index (κ2) is 8.74. The molecule has 0 aliphatic heterocycles. The standard InChI is InChI=1S/C21H25N5O3/c1-14(21(29)22-12-13-25(2)3)26-20(16-9-5-7-11-18(16)28)23-19(24-26)15-8-4-6-10-17(15)27/h4-11,14,27-28H,12-13H2,1-3H3,(H,22,29). The van der Waals surface area contributed by atoms with E-state index >= 15 is 0 Å². The van der Waals surface area contributed by atoms with Gasteiger partial charge in [0.2, 0.25) is 5.91 Å². The van der Waals surface area contributed by atoms with Gasteiger partial charge in [-0.15, -0.1) is 5.10 Å². The number of para-hydroxylation sites is 2. The van der Waals surface area contributed by atoms with Crippen molar-refractivity contribution >= 4 is 5.91 Å². The average molecular weight is 395 g/mol. The van der Waals surface area contributed by atoms with Crippen molar-refractivity contribution < 1.29 is 15.0 Å². The molecule has 0 radical (unpaired) electrons. The number of phenols is 2. The summed E-state index contributed by atoms with van der Waals surface area (Å²) in [5, 5.41) is 27.9. The molecule has 8 nitrogen and oxygen atoms in total. The van der Waals surface area contributed by atoms with Gasteiger partial charge in [0.05, 0.1) is 11.1 Å². The van der Waals surface area contributed by atoms with E-state index < -0.39 is 6.04 Å². The van der Waals surface area contributed by atoms with Crippen LogP contribution in [0.1, 0.15) is 13.0 Å². The van der Waals surface area contributed by atoms with Gasteiger partial charge in [0.15, 0.2) is 11.6 Å². The Labute approximate surface area is 169 Å². The number of nitrogens with zero attached hydrogens (tertiary/aromatic N) is 4. The predicted octanol–water partition coefficient (Wildman–Crippen LogP) is 2.26. The Bertz CT molecular complexity index is 999. The van der Waals surface area contributed by atoms with Crippen LogP contribution in [0.4, 0.5) is 0 Å². The molecular formula is C21H25N5O3. The molecule has 0 saturated carbocycles. The normalized spacial score (nSPS) is 12.1. The summed E-state index contributed by atoms with van der Waals surface area (Å²) < 4.78 is 1.47. The fourth-order valence-corrected chi connectivity index (χ4v) is 2.88. The number of hydrogen-bond acceptors (Lipinski definition) is 6. The van der Waals surface area contributed by atoms with Crippen LogP contribution in [0.2, 0.25) is 0 Å². The van der Waals surface area contributed by atoms with Gasteiger partial charge < -0.3 is 20.4 Å². The smallest absolute Gasteiger partial charge is 0.244 e. The SMILES string of the molecule is CC(C(=O)NCCN(C)C)n1nc(-c2ccccc2O)nc1-c1ccccc1O. The first-order valence-electron chi connectivity index (χ1n) is 9.34. The molecule has 152 valence electrons. The Morgan fingerprint density at radius 3 is 2.24 bits per heavy atom.